The molecule has 0 radical (unpaired) electrons. The number of phenolic OH excluding ortho intramolecular Hbond substituents is 2. The van der Waals surface area contributed by atoms with Gasteiger partial charge in [0.05, 0.1) is 12.8 Å². The zero-order valence-electron chi connectivity index (χ0n) is 13.0. The number of nitrogens with zero attached hydrogens (tertiary/aromatic N) is 3. The first-order valence-electron chi connectivity index (χ1n) is 7.83. The molecule has 0 aromatic heterocycles. The quantitative estimate of drug-likeness (QED) is 0.856. The van der Waals surface area contributed by atoms with Crippen LogP contribution in [0.3, 0.4) is 0 Å². The number of hydrogen-bond acceptors (Lipinski definition) is 5. The number of aromatic hydroxyl groups is 2. The van der Waals surface area contributed by atoms with Crippen molar-refractivity contribution in [2.75, 3.05) is 31.1 Å². The number of para-hydroxylation sites is 1. The molecule has 1 fully saturated rings. The third-order valence-corrected chi connectivity index (χ3v) is 3.97. The number of hydrogen-bond donors (Lipinski definition) is 2. The van der Waals surface area contributed by atoms with Crippen LogP contribution in [-0.2, 0) is 0 Å². The second-order valence-corrected chi connectivity index (χ2v) is 5.62. The Kier molecular flexibility index (Phi) is 4.66. The molecular formula is C18H21N3O2. The Morgan fingerprint density at radius 1 is 0.913 bits per heavy atom. The minimum atomic E-state index is 0.0366. The van der Waals surface area contributed by atoms with Crippen molar-refractivity contribution in [2.24, 2.45) is 5.10 Å². The third kappa shape index (κ3) is 3.94. The van der Waals surface area contributed by atoms with E-state index in [-0.39, 0.29) is 11.5 Å². The monoisotopic (exact) mass is 311 g/mol. The topological polar surface area (TPSA) is 59.3 Å². The molecule has 23 heavy (non-hydrogen) atoms. The first-order chi connectivity index (χ1) is 11.2. The van der Waals surface area contributed by atoms with Gasteiger partial charge in [0, 0.05) is 37.0 Å². The van der Waals surface area contributed by atoms with E-state index in [0.717, 1.165) is 32.6 Å². The number of benzene rings is 2. The second-order valence-electron chi connectivity index (χ2n) is 5.62. The maximum absolute atomic E-state index is 9.79. The van der Waals surface area contributed by atoms with Crippen molar-refractivity contribution < 1.29 is 10.2 Å². The van der Waals surface area contributed by atoms with E-state index >= 15 is 0 Å². The van der Waals surface area contributed by atoms with Crippen molar-refractivity contribution in [1.29, 1.82) is 0 Å². The predicted octanol–water partition coefficient (Wildman–Crippen LogP) is 2.64. The lowest BCUT2D eigenvalue weighted by Gasteiger charge is -2.22. The van der Waals surface area contributed by atoms with Gasteiger partial charge in [0.1, 0.15) is 11.5 Å². The van der Waals surface area contributed by atoms with Gasteiger partial charge in [-0.1, -0.05) is 18.2 Å². The molecule has 3 rings (SSSR count). The van der Waals surface area contributed by atoms with E-state index in [4.69, 9.17) is 0 Å². The molecule has 1 aliphatic heterocycles. The number of rotatable bonds is 3. The highest BCUT2D eigenvalue weighted by molar-refractivity contribution is 5.83. The summed E-state index contributed by atoms with van der Waals surface area (Å²) in [6.45, 7) is 3.66. The lowest BCUT2D eigenvalue weighted by atomic mass is 10.2. The molecule has 2 N–H and O–H groups in total. The van der Waals surface area contributed by atoms with Crippen LogP contribution in [0, 0.1) is 0 Å². The molecule has 1 saturated heterocycles. The standard InChI is InChI=1S/C18H21N3O2/c22-17-8-7-15(18(23)13-17)14-19-21-10-4-9-20(11-12-21)16-5-2-1-3-6-16/h1-3,5-8,13-14,22-23H,4,9-12H2/b19-14+. The van der Waals surface area contributed by atoms with Crippen LogP contribution in [0.15, 0.2) is 53.6 Å². The molecule has 0 spiro atoms. The van der Waals surface area contributed by atoms with E-state index in [0.29, 0.717) is 5.56 Å². The van der Waals surface area contributed by atoms with Crippen LogP contribution in [-0.4, -0.2) is 47.6 Å². The number of hydrazone groups is 1. The summed E-state index contributed by atoms with van der Waals surface area (Å²) in [5, 5.41) is 25.6. The first-order valence-corrected chi connectivity index (χ1v) is 7.83. The Bertz CT molecular complexity index is 673. The third-order valence-electron chi connectivity index (χ3n) is 3.97. The van der Waals surface area contributed by atoms with Gasteiger partial charge in [-0.15, -0.1) is 0 Å². The Hall–Kier alpha value is -2.69. The molecule has 0 unspecified atom stereocenters. The summed E-state index contributed by atoms with van der Waals surface area (Å²) in [5.41, 5.74) is 1.85. The molecule has 120 valence electrons. The van der Waals surface area contributed by atoms with E-state index < -0.39 is 0 Å². The largest absolute Gasteiger partial charge is 0.508 e. The highest BCUT2D eigenvalue weighted by atomic mass is 16.3. The van der Waals surface area contributed by atoms with E-state index in [2.05, 4.69) is 34.3 Å². The first kappa shape index (κ1) is 15.2. The predicted molar refractivity (Wildman–Crippen MR) is 92.2 cm³/mol. The van der Waals surface area contributed by atoms with Crippen LogP contribution in [0.25, 0.3) is 0 Å². The van der Waals surface area contributed by atoms with Crippen LogP contribution in [0.2, 0.25) is 0 Å². The van der Waals surface area contributed by atoms with Crippen molar-refractivity contribution in [3.63, 3.8) is 0 Å². The van der Waals surface area contributed by atoms with Crippen LogP contribution >= 0.6 is 0 Å². The maximum atomic E-state index is 9.79. The van der Waals surface area contributed by atoms with Gasteiger partial charge in [0.25, 0.3) is 0 Å². The van der Waals surface area contributed by atoms with Crippen molar-refractivity contribution in [3.8, 4) is 11.5 Å². The fraction of sp³-hybridized carbons (Fsp3) is 0.278. The highest BCUT2D eigenvalue weighted by Crippen LogP contribution is 2.21. The SMILES string of the molecule is Oc1ccc(/C=N/N2CCCN(c3ccccc3)CC2)c(O)c1. The van der Waals surface area contributed by atoms with Gasteiger partial charge in [-0.25, -0.2) is 0 Å². The van der Waals surface area contributed by atoms with Gasteiger partial charge >= 0.3 is 0 Å². The van der Waals surface area contributed by atoms with Gasteiger partial charge < -0.3 is 15.1 Å². The average molecular weight is 311 g/mol. The fourth-order valence-electron chi connectivity index (χ4n) is 2.70. The zero-order chi connectivity index (χ0) is 16.1. The molecule has 1 aliphatic rings. The minimum Gasteiger partial charge on any atom is -0.508 e. The van der Waals surface area contributed by atoms with Crippen molar-refractivity contribution in [3.05, 3.63) is 54.1 Å². The number of anilines is 1. The number of phenols is 2. The normalized spacial score (nSPS) is 15.8. The summed E-state index contributed by atoms with van der Waals surface area (Å²) >= 11 is 0. The van der Waals surface area contributed by atoms with Crippen molar-refractivity contribution in [2.45, 2.75) is 6.42 Å². The smallest absolute Gasteiger partial charge is 0.128 e. The Balaban J connectivity index is 1.63. The molecule has 0 aliphatic carbocycles. The van der Waals surface area contributed by atoms with E-state index in [1.54, 1.807) is 18.3 Å². The lowest BCUT2D eigenvalue weighted by Crippen LogP contribution is -2.28. The molecule has 2 aromatic rings. The molecule has 0 atom stereocenters. The molecule has 0 amide bonds. The molecule has 1 heterocycles. The summed E-state index contributed by atoms with van der Waals surface area (Å²) in [7, 11) is 0. The average Bonchev–Trinajstić information content (AvgIpc) is 2.81. The zero-order valence-corrected chi connectivity index (χ0v) is 13.0. The Labute approximate surface area is 136 Å². The van der Waals surface area contributed by atoms with E-state index in [9.17, 15) is 10.2 Å². The summed E-state index contributed by atoms with van der Waals surface area (Å²) in [6.07, 6.45) is 2.68. The summed E-state index contributed by atoms with van der Waals surface area (Å²) in [6, 6.07) is 14.9. The van der Waals surface area contributed by atoms with Crippen LogP contribution < -0.4 is 4.90 Å². The Morgan fingerprint density at radius 3 is 2.52 bits per heavy atom. The fourth-order valence-corrected chi connectivity index (χ4v) is 2.70. The van der Waals surface area contributed by atoms with Crippen LogP contribution in [0.4, 0.5) is 5.69 Å². The summed E-state index contributed by atoms with van der Waals surface area (Å²) in [4.78, 5) is 2.37. The molecular weight excluding hydrogens is 290 g/mol. The van der Waals surface area contributed by atoms with Gasteiger partial charge in [0.2, 0.25) is 0 Å². The molecule has 2 aromatic carbocycles. The minimum absolute atomic E-state index is 0.0366. The van der Waals surface area contributed by atoms with E-state index in [1.165, 1.54) is 11.8 Å². The Morgan fingerprint density at radius 2 is 1.74 bits per heavy atom. The van der Waals surface area contributed by atoms with Gasteiger partial charge in [-0.2, -0.15) is 5.10 Å². The van der Waals surface area contributed by atoms with Crippen LogP contribution in [0.5, 0.6) is 11.5 Å². The summed E-state index contributed by atoms with van der Waals surface area (Å²) in [5.74, 6) is 0.0856. The molecule has 5 nitrogen and oxygen atoms in total. The van der Waals surface area contributed by atoms with Crippen molar-refractivity contribution in [1.82, 2.24) is 5.01 Å². The molecule has 0 saturated carbocycles. The van der Waals surface area contributed by atoms with E-state index in [1.807, 2.05) is 11.1 Å². The summed E-state index contributed by atoms with van der Waals surface area (Å²) < 4.78 is 0. The van der Waals surface area contributed by atoms with Gasteiger partial charge in [-0.3, -0.25) is 5.01 Å². The van der Waals surface area contributed by atoms with Crippen LogP contribution in [0.1, 0.15) is 12.0 Å². The van der Waals surface area contributed by atoms with Gasteiger partial charge in [-0.05, 0) is 30.7 Å². The maximum Gasteiger partial charge on any atom is 0.128 e. The lowest BCUT2D eigenvalue weighted by molar-refractivity contribution is 0.311. The highest BCUT2D eigenvalue weighted by Gasteiger charge is 2.13. The molecule has 0 bridgehead atoms. The second kappa shape index (κ2) is 7.05. The van der Waals surface area contributed by atoms with Gasteiger partial charge in [0.15, 0.2) is 0 Å². The molecule has 5 heteroatoms. The van der Waals surface area contributed by atoms with Crippen molar-refractivity contribution >= 4 is 11.9 Å².